The number of hydrogen-bond donors (Lipinski definition) is 0. The van der Waals surface area contributed by atoms with Crippen LogP contribution in [0.25, 0.3) is 0 Å². The summed E-state index contributed by atoms with van der Waals surface area (Å²) in [4.78, 5) is 11.7. The van der Waals surface area contributed by atoms with E-state index in [9.17, 15) is 4.79 Å². The molecule has 1 heterocycles. The predicted octanol–water partition coefficient (Wildman–Crippen LogP) is 2.52. The molecule has 0 radical (unpaired) electrons. The summed E-state index contributed by atoms with van der Waals surface area (Å²) in [6.45, 7) is 10.3. The van der Waals surface area contributed by atoms with Crippen LogP contribution in [0.2, 0.25) is 0 Å². The lowest BCUT2D eigenvalue weighted by Crippen LogP contribution is -2.41. The Bertz CT molecular complexity index is 380. The summed E-state index contributed by atoms with van der Waals surface area (Å²) in [5, 5.41) is 0. The molecule has 0 bridgehead atoms. The van der Waals surface area contributed by atoms with Gasteiger partial charge in [-0.25, -0.2) is 4.79 Å². The second-order valence-corrected chi connectivity index (χ2v) is 6.26. The van der Waals surface area contributed by atoms with Gasteiger partial charge in [-0.2, -0.15) is 0 Å². The van der Waals surface area contributed by atoms with Crippen LogP contribution in [0.5, 0.6) is 0 Å². The molecule has 0 amide bonds. The first-order valence-corrected chi connectivity index (χ1v) is 7.00. The number of esters is 1. The molecular weight excluding hydrogens is 243 g/mol. The van der Waals surface area contributed by atoms with Gasteiger partial charge >= 0.3 is 13.1 Å². The van der Waals surface area contributed by atoms with Gasteiger partial charge in [0.05, 0.1) is 17.8 Å². The van der Waals surface area contributed by atoms with Gasteiger partial charge in [-0.05, 0) is 58.9 Å². The summed E-state index contributed by atoms with van der Waals surface area (Å²) >= 11 is 0. The van der Waals surface area contributed by atoms with Gasteiger partial charge in [-0.15, -0.1) is 0 Å². The summed E-state index contributed by atoms with van der Waals surface area (Å²) in [6, 6.07) is 0. The fourth-order valence-corrected chi connectivity index (χ4v) is 2.09. The van der Waals surface area contributed by atoms with Crippen LogP contribution in [0.3, 0.4) is 0 Å². The van der Waals surface area contributed by atoms with Crippen molar-refractivity contribution in [3.8, 4) is 0 Å². The average molecular weight is 266 g/mol. The Morgan fingerprint density at radius 3 is 2.21 bits per heavy atom. The largest absolute Gasteiger partial charge is 0.491 e. The Kier molecular flexibility index (Phi) is 3.80. The first-order valence-electron chi connectivity index (χ1n) is 7.00. The maximum absolute atomic E-state index is 11.7. The van der Waals surface area contributed by atoms with Crippen LogP contribution in [0.4, 0.5) is 0 Å². The van der Waals surface area contributed by atoms with Crippen molar-refractivity contribution in [1.29, 1.82) is 0 Å². The van der Waals surface area contributed by atoms with E-state index >= 15 is 0 Å². The van der Waals surface area contributed by atoms with Crippen LogP contribution in [-0.4, -0.2) is 30.9 Å². The highest BCUT2D eigenvalue weighted by atomic mass is 16.7. The van der Waals surface area contributed by atoms with Crippen molar-refractivity contribution >= 4 is 13.1 Å². The van der Waals surface area contributed by atoms with Gasteiger partial charge in [-0.1, -0.05) is 0 Å². The maximum atomic E-state index is 11.7. The molecule has 2 rings (SSSR count). The van der Waals surface area contributed by atoms with E-state index in [0.29, 0.717) is 12.5 Å². The topological polar surface area (TPSA) is 44.8 Å². The van der Waals surface area contributed by atoms with E-state index in [1.54, 1.807) is 13.0 Å². The number of allylic oxidation sites excluding steroid dienone is 1. The third kappa shape index (κ3) is 3.03. The fourth-order valence-electron chi connectivity index (χ4n) is 2.09. The van der Waals surface area contributed by atoms with E-state index in [1.807, 2.05) is 27.7 Å². The molecule has 0 N–H and O–H groups in total. The average Bonchev–Trinajstić information content (AvgIpc) is 3.04. The first kappa shape index (κ1) is 14.6. The zero-order valence-corrected chi connectivity index (χ0v) is 12.5. The molecule has 5 heteroatoms. The van der Waals surface area contributed by atoms with Crippen molar-refractivity contribution < 1.29 is 18.8 Å². The standard InChI is InChI=1S/C14H23BO4/c1-6-17-12(16)9-11(10-7-8-10)15-18-13(2,3)14(4,5)19-15/h9-10H,6-8H2,1-5H3. The smallest absolute Gasteiger partial charge is 0.463 e. The Balaban J connectivity index is 2.16. The molecule has 1 aliphatic heterocycles. The minimum Gasteiger partial charge on any atom is -0.463 e. The lowest BCUT2D eigenvalue weighted by Gasteiger charge is -2.32. The van der Waals surface area contributed by atoms with Crippen LogP contribution in [-0.2, 0) is 18.8 Å². The van der Waals surface area contributed by atoms with Gasteiger partial charge in [0.15, 0.2) is 0 Å². The molecule has 4 nitrogen and oxygen atoms in total. The van der Waals surface area contributed by atoms with Crippen molar-refractivity contribution in [2.24, 2.45) is 5.92 Å². The molecule has 0 spiro atoms. The molecule has 1 saturated heterocycles. The second kappa shape index (κ2) is 4.95. The molecule has 2 fully saturated rings. The van der Waals surface area contributed by atoms with Gasteiger partial charge in [0, 0.05) is 6.08 Å². The molecule has 0 atom stereocenters. The molecular formula is C14H23BO4. The summed E-state index contributed by atoms with van der Waals surface area (Å²) in [7, 11) is -0.429. The highest BCUT2D eigenvalue weighted by molar-refractivity contribution is 6.55. The SMILES string of the molecule is CCOC(=O)C=C(B1OC(C)(C)C(C)(C)O1)C1CC1. The van der Waals surface area contributed by atoms with Crippen molar-refractivity contribution in [2.45, 2.75) is 58.7 Å². The zero-order valence-electron chi connectivity index (χ0n) is 12.5. The maximum Gasteiger partial charge on any atom is 0.491 e. The first-order chi connectivity index (χ1) is 8.77. The third-order valence-electron chi connectivity index (χ3n) is 4.15. The number of ether oxygens (including phenoxy) is 1. The highest BCUT2D eigenvalue weighted by Crippen LogP contribution is 2.44. The molecule has 0 unspecified atom stereocenters. The lowest BCUT2D eigenvalue weighted by atomic mass is 9.75. The molecule has 19 heavy (non-hydrogen) atoms. The number of rotatable bonds is 4. The normalized spacial score (nSPS) is 25.5. The van der Waals surface area contributed by atoms with Crippen molar-refractivity contribution in [3.63, 3.8) is 0 Å². The van der Waals surface area contributed by atoms with Crippen LogP contribution in [0.15, 0.2) is 11.5 Å². The van der Waals surface area contributed by atoms with Crippen LogP contribution < -0.4 is 0 Å². The van der Waals surface area contributed by atoms with Crippen molar-refractivity contribution in [3.05, 3.63) is 11.5 Å². The fraction of sp³-hybridized carbons (Fsp3) is 0.786. The highest BCUT2D eigenvalue weighted by Gasteiger charge is 2.54. The van der Waals surface area contributed by atoms with Crippen molar-refractivity contribution in [2.75, 3.05) is 6.61 Å². The molecule has 1 saturated carbocycles. The minimum atomic E-state index is -0.429. The molecule has 0 aromatic carbocycles. The van der Waals surface area contributed by atoms with Gasteiger partial charge in [0.2, 0.25) is 0 Å². The van der Waals surface area contributed by atoms with Crippen LogP contribution in [0, 0.1) is 5.92 Å². The van der Waals surface area contributed by atoms with E-state index in [1.165, 1.54) is 0 Å². The molecule has 0 aromatic rings. The summed E-state index contributed by atoms with van der Waals surface area (Å²) < 4.78 is 17.0. The van der Waals surface area contributed by atoms with E-state index < -0.39 is 7.12 Å². The lowest BCUT2D eigenvalue weighted by molar-refractivity contribution is -0.137. The zero-order chi connectivity index (χ0) is 14.3. The van der Waals surface area contributed by atoms with E-state index in [2.05, 4.69) is 0 Å². The van der Waals surface area contributed by atoms with Gasteiger partial charge in [-0.3, -0.25) is 0 Å². The van der Waals surface area contributed by atoms with Gasteiger partial charge in [0.1, 0.15) is 0 Å². The molecule has 0 aromatic heterocycles. The summed E-state index contributed by atoms with van der Waals surface area (Å²) in [5.41, 5.74) is 0.178. The summed E-state index contributed by atoms with van der Waals surface area (Å²) in [5.74, 6) is 0.0956. The van der Waals surface area contributed by atoms with E-state index in [-0.39, 0.29) is 17.2 Å². The Morgan fingerprint density at radius 2 is 1.79 bits per heavy atom. The number of hydrogen-bond acceptors (Lipinski definition) is 4. The summed E-state index contributed by atoms with van der Waals surface area (Å²) in [6.07, 6.45) is 3.74. The Hall–Kier alpha value is -0.805. The molecule has 1 aliphatic carbocycles. The molecule has 106 valence electrons. The Labute approximate surface area is 115 Å². The quantitative estimate of drug-likeness (QED) is 0.445. The molecule has 2 aliphatic rings. The number of carbonyl (C=O) groups is 1. The van der Waals surface area contributed by atoms with Crippen LogP contribution in [0.1, 0.15) is 47.5 Å². The predicted molar refractivity (Wildman–Crippen MR) is 73.5 cm³/mol. The third-order valence-corrected chi connectivity index (χ3v) is 4.15. The number of carbonyl (C=O) groups excluding carboxylic acids is 1. The van der Waals surface area contributed by atoms with E-state index in [0.717, 1.165) is 18.3 Å². The van der Waals surface area contributed by atoms with Gasteiger partial charge in [0.25, 0.3) is 0 Å². The van der Waals surface area contributed by atoms with E-state index in [4.69, 9.17) is 14.0 Å². The second-order valence-electron chi connectivity index (χ2n) is 6.26. The minimum absolute atomic E-state index is 0.306. The Morgan fingerprint density at radius 1 is 1.26 bits per heavy atom. The monoisotopic (exact) mass is 266 g/mol. The van der Waals surface area contributed by atoms with Gasteiger partial charge < -0.3 is 14.0 Å². The van der Waals surface area contributed by atoms with Crippen LogP contribution >= 0.6 is 0 Å². The van der Waals surface area contributed by atoms with Crippen molar-refractivity contribution in [1.82, 2.24) is 0 Å².